The molecule has 0 atom stereocenters. The highest BCUT2D eigenvalue weighted by Gasteiger charge is 2.24. The number of anilines is 3. The monoisotopic (exact) mass is 602 g/mol. The first-order chi connectivity index (χ1) is 20.8. The molecule has 0 spiro atoms. The topological polar surface area (TPSA) is 140 Å². The minimum absolute atomic E-state index is 0.0856. The molecule has 3 N–H and O–H groups in total. The molecule has 43 heavy (non-hydrogen) atoms. The quantitative estimate of drug-likeness (QED) is 0.257. The van der Waals surface area contributed by atoms with E-state index in [1.54, 1.807) is 26.4 Å². The molecule has 13 nitrogen and oxygen atoms in total. The van der Waals surface area contributed by atoms with E-state index < -0.39 is 0 Å². The van der Waals surface area contributed by atoms with E-state index in [2.05, 4.69) is 49.3 Å². The third-order valence-corrected chi connectivity index (χ3v) is 8.56. The lowest BCUT2D eigenvalue weighted by Gasteiger charge is -2.35. The third kappa shape index (κ3) is 5.89. The maximum atomic E-state index is 13.3. The molecule has 224 valence electrons. The van der Waals surface area contributed by atoms with Crippen LogP contribution in [0.2, 0.25) is 0 Å². The van der Waals surface area contributed by atoms with Crippen LogP contribution >= 0.6 is 11.3 Å². The summed E-state index contributed by atoms with van der Waals surface area (Å²) >= 11 is 1.51. The van der Waals surface area contributed by atoms with Crippen molar-refractivity contribution in [3.63, 3.8) is 0 Å². The maximum absolute atomic E-state index is 13.3. The number of carbonyl (C=O) groups is 1. The van der Waals surface area contributed by atoms with E-state index in [0.29, 0.717) is 34.2 Å². The number of nitrogens with zero attached hydrogens (tertiary/aromatic N) is 8. The fraction of sp³-hybridized carbons (Fsp3) is 0.345. The van der Waals surface area contributed by atoms with Crippen molar-refractivity contribution in [2.75, 3.05) is 78.6 Å². The van der Waals surface area contributed by atoms with Crippen LogP contribution in [0.15, 0.2) is 42.7 Å². The predicted octanol–water partition coefficient (Wildman–Crippen LogP) is 3.09. The second-order valence-corrected chi connectivity index (χ2v) is 11.6. The number of nitrogens with two attached hydrogens (primary N) is 1. The number of likely N-dealkylation sites (N-methyl/N-ethyl adjacent to an activating group) is 1. The standard InChI is InChI=1S/C29H34N10O3S/c1-36(2)7-8-37-9-11-38(12-10-37)27(40)25-14-18-13-19(5-6-24(18)43-25)33-29-34-28(30)39(35-29)26-20-15-22(41-3)23(42-4)16-21(20)31-17-32-26/h5-6,13-17H,7-12H2,1-4H3,(H3,30,33,34,35). The minimum atomic E-state index is 0.0856. The molecule has 1 amide bonds. The highest BCUT2D eigenvalue weighted by atomic mass is 32.1. The van der Waals surface area contributed by atoms with Crippen LogP contribution in [0.25, 0.3) is 26.8 Å². The first-order valence-electron chi connectivity index (χ1n) is 13.9. The molecule has 3 aromatic heterocycles. The molecular formula is C29H34N10O3S. The van der Waals surface area contributed by atoms with E-state index in [-0.39, 0.29) is 11.9 Å². The van der Waals surface area contributed by atoms with Gasteiger partial charge in [-0.2, -0.15) is 9.67 Å². The van der Waals surface area contributed by atoms with E-state index in [0.717, 1.165) is 59.9 Å². The lowest BCUT2D eigenvalue weighted by Crippen LogP contribution is -2.49. The summed E-state index contributed by atoms with van der Waals surface area (Å²) < 4.78 is 13.4. The highest BCUT2D eigenvalue weighted by Crippen LogP contribution is 2.34. The molecule has 0 radical (unpaired) electrons. The van der Waals surface area contributed by atoms with Crippen LogP contribution in [0.4, 0.5) is 17.6 Å². The first-order valence-corrected chi connectivity index (χ1v) is 14.7. The SMILES string of the molecule is COc1cc2ncnc(-n3nc(Nc4ccc5sc(C(=O)N6CCN(CCN(C)C)CC6)cc5c4)nc3N)c2cc1OC. The number of hydrogen-bond acceptors (Lipinski definition) is 12. The Kier molecular flexibility index (Phi) is 7.97. The van der Waals surface area contributed by atoms with Crippen molar-refractivity contribution >= 4 is 55.8 Å². The van der Waals surface area contributed by atoms with Gasteiger partial charge in [0.05, 0.1) is 24.6 Å². The second-order valence-electron chi connectivity index (χ2n) is 10.6. The lowest BCUT2D eigenvalue weighted by atomic mass is 10.2. The summed E-state index contributed by atoms with van der Waals surface area (Å²) in [5, 5.41) is 9.45. The summed E-state index contributed by atoms with van der Waals surface area (Å²) in [7, 11) is 7.30. The fourth-order valence-electron chi connectivity index (χ4n) is 5.10. The number of hydrogen-bond donors (Lipinski definition) is 2. The van der Waals surface area contributed by atoms with E-state index in [4.69, 9.17) is 15.2 Å². The van der Waals surface area contributed by atoms with Gasteiger partial charge in [0.2, 0.25) is 11.9 Å². The largest absolute Gasteiger partial charge is 0.493 e. The molecule has 1 fully saturated rings. The zero-order valence-corrected chi connectivity index (χ0v) is 25.4. The lowest BCUT2D eigenvalue weighted by molar-refractivity contribution is 0.0634. The predicted molar refractivity (Wildman–Crippen MR) is 168 cm³/mol. The van der Waals surface area contributed by atoms with E-state index in [9.17, 15) is 4.79 Å². The van der Waals surface area contributed by atoms with Crippen molar-refractivity contribution in [1.82, 2.24) is 39.4 Å². The molecule has 1 aliphatic rings. The van der Waals surface area contributed by atoms with Gasteiger partial charge in [-0.25, -0.2) is 9.97 Å². The van der Waals surface area contributed by atoms with Crippen molar-refractivity contribution in [3.8, 4) is 17.3 Å². The van der Waals surface area contributed by atoms with Crippen molar-refractivity contribution < 1.29 is 14.3 Å². The summed E-state index contributed by atoms with van der Waals surface area (Å²) in [5.74, 6) is 2.10. The summed E-state index contributed by atoms with van der Waals surface area (Å²) in [5.41, 5.74) is 7.69. The zero-order chi connectivity index (χ0) is 30.1. The van der Waals surface area contributed by atoms with Crippen LogP contribution in [-0.4, -0.2) is 113 Å². The number of amides is 1. The molecule has 2 aromatic carbocycles. The van der Waals surface area contributed by atoms with Gasteiger partial charge in [0.15, 0.2) is 17.3 Å². The summed E-state index contributed by atoms with van der Waals surface area (Å²) in [4.78, 5) is 33.8. The number of fused-ring (bicyclic) bond motifs is 2. The molecule has 0 unspecified atom stereocenters. The molecule has 14 heteroatoms. The zero-order valence-electron chi connectivity index (χ0n) is 24.6. The highest BCUT2D eigenvalue weighted by molar-refractivity contribution is 7.20. The molecular weight excluding hydrogens is 568 g/mol. The Hall–Kier alpha value is -4.53. The van der Waals surface area contributed by atoms with Gasteiger partial charge in [0.25, 0.3) is 5.91 Å². The van der Waals surface area contributed by atoms with Crippen molar-refractivity contribution in [2.24, 2.45) is 0 Å². The molecule has 5 aromatic rings. The number of benzene rings is 2. The van der Waals surface area contributed by atoms with Crippen LogP contribution in [0.1, 0.15) is 9.67 Å². The first kappa shape index (κ1) is 28.6. The minimum Gasteiger partial charge on any atom is -0.493 e. The van der Waals surface area contributed by atoms with Gasteiger partial charge in [-0.15, -0.1) is 16.4 Å². The number of nitrogens with one attached hydrogen (secondary N) is 1. The molecule has 1 saturated heterocycles. The Morgan fingerprint density at radius 1 is 1.05 bits per heavy atom. The molecule has 1 aliphatic heterocycles. The maximum Gasteiger partial charge on any atom is 0.264 e. The molecule has 6 rings (SSSR count). The van der Waals surface area contributed by atoms with E-state index >= 15 is 0 Å². The number of aromatic nitrogens is 5. The Morgan fingerprint density at radius 2 is 1.81 bits per heavy atom. The van der Waals surface area contributed by atoms with Crippen molar-refractivity contribution in [1.29, 1.82) is 0 Å². The van der Waals surface area contributed by atoms with Gasteiger partial charge in [-0.3, -0.25) is 9.69 Å². The van der Waals surface area contributed by atoms with Crippen molar-refractivity contribution in [3.05, 3.63) is 47.6 Å². The summed E-state index contributed by atoms with van der Waals surface area (Å²) in [6, 6.07) is 11.4. The van der Waals surface area contributed by atoms with Crippen LogP contribution in [-0.2, 0) is 0 Å². The van der Waals surface area contributed by atoms with Gasteiger partial charge in [0, 0.05) is 61.1 Å². The van der Waals surface area contributed by atoms with Gasteiger partial charge in [-0.05, 0) is 49.8 Å². The molecule has 4 heterocycles. The average Bonchev–Trinajstić information content (AvgIpc) is 3.61. The van der Waals surface area contributed by atoms with Gasteiger partial charge >= 0.3 is 0 Å². The number of methoxy groups -OCH3 is 2. The second kappa shape index (κ2) is 12.0. The van der Waals surface area contributed by atoms with Crippen LogP contribution in [0.5, 0.6) is 11.5 Å². The van der Waals surface area contributed by atoms with Gasteiger partial charge in [0.1, 0.15) is 6.33 Å². The Labute approximate surface area is 252 Å². The van der Waals surface area contributed by atoms with Crippen LogP contribution in [0, 0.1) is 0 Å². The van der Waals surface area contributed by atoms with Crippen molar-refractivity contribution in [2.45, 2.75) is 0 Å². The van der Waals surface area contributed by atoms with E-state index in [1.165, 1.54) is 22.3 Å². The number of rotatable bonds is 9. The molecule has 0 aliphatic carbocycles. The van der Waals surface area contributed by atoms with Gasteiger partial charge in [-0.1, -0.05) is 0 Å². The Morgan fingerprint density at radius 3 is 2.56 bits per heavy atom. The number of nitrogen functional groups attached to an aromatic ring is 1. The van der Waals surface area contributed by atoms with Crippen LogP contribution < -0.4 is 20.5 Å². The number of ether oxygens (including phenoxy) is 2. The van der Waals surface area contributed by atoms with Gasteiger partial charge < -0.3 is 30.3 Å². The summed E-state index contributed by atoms with van der Waals surface area (Å²) in [6.45, 7) is 5.31. The smallest absolute Gasteiger partial charge is 0.264 e. The summed E-state index contributed by atoms with van der Waals surface area (Å²) in [6.07, 6.45) is 1.44. The molecule has 0 saturated carbocycles. The average molecular weight is 603 g/mol. The Balaban J connectivity index is 1.18. The van der Waals surface area contributed by atoms with E-state index in [1.807, 2.05) is 29.2 Å². The third-order valence-electron chi connectivity index (χ3n) is 7.46. The number of thiophene rings is 1. The fourth-order valence-corrected chi connectivity index (χ4v) is 6.11. The molecule has 0 bridgehead atoms. The normalized spacial score (nSPS) is 14.1. The Bertz CT molecular complexity index is 1780. The van der Waals surface area contributed by atoms with Crippen LogP contribution in [0.3, 0.4) is 0 Å². The number of carbonyl (C=O) groups excluding carboxylic acids is 1. The number of piperazine rings is 1.